The van der Waals surface area contributed by atoms with Crippen molar-refractivity contribution in [3.05, 3.63) is 35.4 Å². The lowest BCUT2D eigenvalue weighted by Crippen LogP contribution is -2.64. The second kappa shape index (κ2) is 7.67. The lowest BCUT2D eigenvalue weighted by Gasteiger charge is -2.46. The van der Waals surface area contributed by atoms with Gasteiger partial charge in [-0.2, -0.15) is 0 Å². The second-order valence-electron chi connectivity index (χ2n) is 8.06. The number of hydrogen-bond acceptors (Lipinski definition) is 4. The number of nitrogens with zero attached hydrogens (tertiary/aromatic N) is 3. The van der Waals surface area contributed by atoms with Crippen molar-refractivity contribution in [1.82, 2.24) is 14.7 Å². The lowest BCUT2D eigenvalue weighted by atomic mass is 9.88. The molecule has 0 radical (unpaired) electrons. The zero-order valence-electron chi connectivity index (χ0n) is 15.7. The molecule has 142 valence electrons. The van der Waals surface area contributed by atoms with E-state index in [9.17, 15) is 4.79 Å². The van der Waals surface area contributed by atoms with Gasteiger partial charge < -0.3 is 10.0 Å². The Balaban J connectivity index is 1.55. The van der Waals surface area contributed by atoms with Crippen molar-refractivity contribution in [2.45, 2.75) is 37.6 Å². The van der Waals surface area contributed by atoms with E-state index in [1.165, 1.54) is 30.4 Å². The molecule has 2 saturated heterocycles. The van der Waals surface area contributed by atoms with Gasteiger partial charge in [0.1, 0.15) is 5.54 Å². The molecule has 2 aliphatic heterocycles. The largest absolute Gasteiger partial charge is 0.395 e. The zero-order valence-corrected chi connectivity index (χ0v) is 15.7. The molecule has 2 fully saturated rings. The van der Waals surface area contributed by atoms with Crippen molar-refractivity contribution in [1.29, 1.82) is 0 Å². The van der Waals surface area contributed by atoms with E-state index in [1.54, 1.807) is 0 Å². The average Bonchev–Trinajstić information content (AvgIpc) is 3.10. The SMILES string of the molecule is O=C(N1CCN(CCO)CC1)C1(N2CCCCC2)Cc2ccccc2C1. The Bertz CT molecular complexity index is 609. The van der Waals surface area contributed by atoms with Crippen LogP contribution in [0.3, 0.4) is 0 Å². The number of hydrogen-bond donors (Lipinski definition) is 1. The van der Waals surface area contributed by atoms with E-state index in [0.717, 1.165) is 52.1 Å². The molecule has 0 bridgehead atoms. The van der Waals surface area contributed by atoms with Gasteiger partial charge in [-0.3, -0.25) is 14.6 Å². The fraction of sp³-hybridized carbons (Fsp3) is 0.667. The molecule has 1 aromatic carbocycles. The predicted molar refractivity (Wildman–Crippen MR) is 102 cm³/mol. The minimum atomic E-state index is -0.372. The smallest absolute Gasteiger partial charge is 0.243 e. The molecule has 0 unspecified atom stereocenters. The number of carbonyl (C=O) groups excluding carboxylic acids is 1. The summed E-state index contributed by atoms with van der Waals surface area (Å²) in [6.45, 7) is 6.31. The Kier molecular flexibility index (Phi) is 5.30. The number of piperidine rings is 1. The van der Waals surface area contributed by atoms with E-state index in [-0.39, 0.29) is 12.1 Å². The Morgan fingerprint density at radius 2 is 1.54 bits per heavy atom. The summed E-state index contributed by atoms with van der Waals surface area (Å²) in [5.74, 6) is 0.333. The highest BCUT2D eigenvalue weighted by molar-refractivity contribution is 5.88. The van der Waals surface area contributed by atoms with Crippen LogP contribution >= 0.6 is 0 Å². The van der Waals surface area contributed by atoms with E-state index in [2.05, 4.69) is 39.0 Å². The average molecular weight is 357 g/mol. The first-order valence-electron chi connectivity index (χ1n) is 10.2. The van der Waals surface area contributed by atoms with Crippen molar-refractivity contribution >= 4 is 5.91 Å². The summed E-state index contributed by atoms with van der Waals surface area (Å²) in [6.07, 6.45) is 5.41. The number of benzene rings is 1. The summed E-state index contributed by atoms with van der Waals surface area (Å²) >= 11 is 0. The van der Waals surface area contributed by atoms with Crippen LogP contribution in [0.5, 0.6) is 0 Å². The van der Waals surface area contributed by atoms with Crippen LogP contribution in [0, 0.1) is 0 Å². The van der Waals surface area contributed by atoms with E-state index in [1.807, 2.05) is 0 Å². The van der Waals surface area contributed by atoms with Crippen LogP contribution in [0.1, 0.15) is 30.4 Å². The predicted octanol–water partition coefficient (Wildman–Crippen LogP) is 1.15. The highest BCUT2D eigenvalue weighted by Crippen LogP contribution is 2.38. The Morgan fingerprint density at radius 3 is 2.12 bits per heavy atom. The number of piperazine rings is 1. The molecule has 1 aliphatic carbocycles. The summed E-state index contributed by atoms with van der Waals surface area (Å²) in [5, 5.41) is 9.15. The van der Waals surface area contributed by atoms with Crippen LogP contribution in [0.4, 0.5) is 0 Å². The fourth-order valence-corrected chi connectivity index (χ4v) is 5.04. The zero-order chi connectivity index (χ0) is 18.0. The molecule has 1 amide bonds. The van der Waals surface area contributed by atoms with Gasteiger partial charge in [-0.15, -0.1) is 0 Å². The van der Waals surface area contributed by atoms with Gasteiger partial charge in [-0.05, 0) is 37.1 Å². The van der Waals surface area contributed by atoms with Crippen LogP contribution in [0.15, 0.2) is 24.3 Å². The topological polar surface area (TPSA) is 47.0 Å². The molecule has 1 N–H and O–H groups in total. The van der Waals surface area contributed by atoms with Crippen LogP contribution in [0.25, 0.3) is 0 Å². The van der Waals surface area contributed by atoms with Gasteiger partial charge >= 0.3 is 0 Å². The van der Waals surface area contributed by atoms with E-state index in [4.69, 9.17) is 5.11 Å². The number of amides is 1. The molecule has 0 saturated carbocycles. The minimum Gasteiger partial charge on any atom is -0.395 e. The van der Waals surface area contributed by atoms with E-state index in [0.29, 0.717) is 12.5 Å². The molecule has 4 rings (SSSR count). The quantitative estimate of drug-likeness (QED) is 0.878. The molecule has 1 aromatic rings. The van der Waals surface area contributed by atoms with E-state index >= 15 is 0 Å². The fourth-order valence-electron chi connectivity index (χ4n) is 5.04. The third-order valence-electron chi connectivity index (χ3n) is 6.52. The molecule has 0 spiro atoms. The Labute approximate surface area is 156 Å². The molecular weight excluding hydrogens is 326 g/mol. The maximum atomic E-state index is 13.8. The van der Waals surface area contributed by atoms with Crippen molar-refractivity contribution in [2.75, 3.05) is 52.4 Å². The maximum absolute atomic E-state index is 13.8. The molecule has 26 heavy (non-hydrogen) atoms. The summed E-state index contributed by atoms with van der Waals surface area (Å²) in [7, 11) is 0. The molecule has 3 aliphatic rings. The van der Waals surface area contributed by atoms with Crippen LogP contribution < -0.4 is 0 Å². The first-order chi connectivity index (χ1) is 12.7. The standard InChI is InChI=1S/C21H31N3O2/c25-15-14-22-10-12-23(13-11-22)20(26)21(24-8-4-1-5-9-24)16-18-6-2-3-7-19(18)17-21/h2-3,6-7,25H,1,4-5,8-17H2. The van der Waals surface area contributed by atoms with Gasteiger partial charge in [0.2, 0.25) is 5.91 Å². The van der Waals surface area contributed by atoms with Gasteiger partial charge in [-0.1, -0.05) is 30.7 Å². The molecule has 2 heterocycles. The second-order valence-corrected chi connectivity index (χ2v) is 8.06. The van der Waals surface area contributed by atoms with Crippen LogP contribution in [0.2, 0.25) is 0 Å². The summed E-state index contributed by atoms with van der Waals surface area (Å²) in [6, 6.07) is 8.60. The highest BCUT2D eigenvalue weighted by Gasteiger charge is 2.50. The highest BCUT2D eigenvalue weighted by atomic mass is 16.3. The number of fused-ring (bicyclic) bond motifs is 1. The van der Waals surface area contributed by atoms with Gasteiger partial charge in [0.15, 0.2) is 0 Å². The monoisotopic (exact) mass is 357 g/mol. The first-order valence-corrected chi connectivity index (χ1v) is 10.2. The number of β-amino-alcohol motifs (C(OH)–C–C–N with tert-alkyl or cyclic N) is 1. The van der Waals surface area contributed by atoms with Crippen molar-refractivity contribution in [2.24, 2.45) is 0 Å². The lowest BCUT2D eigenvalue weighted by molar-refractivity contribution is -0.147. The van der Waals surface area contributed by atoms with Crippen molar-refractivity contribution < 1.29 is 9.90 Å². The van der Waals surface area contributed by atoms with Gasteiger partial charge in [-0.25, -0.2) is 0 Å². The van der Waals surface area contributed by atoms with Gasteiger partial charge in [0.25, 0.3) is 0 Å². The molecule has 0 atom stereocenters. The molecule has 5 heteroatoms. The molecule has 0 aromatic heterocycles. The third kappa shape index (κ3) is 3.28. The van der Waals surface area contributed by atoms with Crippen LogP contribution in [-0.2, 0) is 17.6 Å². The molecular formula is C21H31N3O2. The Morgan fingerprint density at radius 1 is 0.923 bits per heavy atom. The number of carbonyl (C=O) groups is 1. The number of aliphatic hydroxyl groups excluding tert-OH is 1. The van der Waals surface area contributed by atoms with Crippen molar-refractivity contribution in [3.8, 4) is 0 Å². The van der Waals surface area contributed by atoms with Gasteiger partial charge in [0, 0.05) is 45.6 Å². The first kappa shape index (κ1) is 18.0. The number of likely N-dealkylation sites (tertiary alicyclic amines) is 1. The summed E-state index contributed by atoms with van der Waals surface area (Å²) < 4.78 is 0. The van der Waals surface area contributed by atoms with E-state index < -0.39 is 0 Å². The summed E-state index contributed by atoms with van der Waals surface area (Å²) in [4.78, 5) is 20.6. The normalized spacial score (nSPS) is 23.8. The number of aliphatic hydroxyl groups is 1. The Hall–Kier alpha value is -1.43. The molecule has 5 nitrogen and oxygen atoms in total. The number of rotatable bonds is 4. The van der Waals surface area contributed by atoms with Gasteiger partial charge in [0.05, 0.1) is 6.61 Å². The van der Waals surface area contributed by atoms with Crippen molar-refractivity contribution in [3.63, 3.8) is 0 Å². The third-order valence-corrected chi connectivity index (χ3v) is 6.52. The van der Waals surface area contributed by atoms with Crippen LogP contribution in [-0.4, -0.2) is 83.7 Å². The summed E-state index contributed by atoms with van der Waals surface area (Å²) in [5.41, 5.74) is 2.33. The maximum Gasteiger partial charge on any atom is 0.243 e. The minimum absolute atomic E-state index is 0.195.